The van der Waals surface area contributed by atoms with E-state index in [-0.39, 0.29) is 11.3 Å². The Morgan fingerprint density at radius 2 is 2.00 bits per heavy atom. The fourth-order valence-electron chi connectivity index (χ4n) is 0.969. The van der Waals surface area contributed by atoms with E-state index in [0.29, 0.717) is 4.47 Å². The van der Waals surface area contributed by atoms with Gasteiger partial charge in [-0.05, 0) is 18.2 Å². The molecule has 1 aromatic rings. The Hall–Kier alpha value is -1.56. The first-order valence-corrected chi connectivity index (χ1v) is 5.19. The van der Waals surface area contributed by atoms with Crippen molar-refractivity contribution < 1.29 is 14.3 Å². The summed E-state index contributed by atoms with van der Waals surface area (Å²) in [7, 11) is 3.09. The van der Waals surface area contributed by atoms with Gasteiger partial charge in [-0.3, -0.25) is 4.79 Å². The number of carbonyl (C=O) groups excluding carboxylic acids is 2. The van der Waals surface area contributed by atoms with Gasteiger partial charge in [0.2, 0.25) is 0 Å². The Bertz CT molecular complexity index is 432. The van der Waals surface area contributed by atoms with Crippen LogP contribution in [-0.4, -0.2) is 31.0 Å². The zero-order valence-electron chi connectivity index (χ0n) is 8.86. The van der Waals surface area contributed by atoms with Gasteiger partial charge < -0.3 is 15.4 Å². The number of primary amides is 1. The molecule has 0 aromatic heterocycles. The monoisotopic (exact) mass is 286 g/mol. The van der Waals surface area contributed by atoms with Crippen molar-refractivity contribution in [3.8, 4) is 5.75 Å². The lowest BCUT2D eigenvalue weighted by molar-refractivity contribution is 0.0997. The number of carbonyl (C=O) groups is 2. The van der Waals surface area contributed by atoms with Crippen LogP contribution < -0.4 is 10.5 Å². The van der Waals surface area contributed by atoms with Gasteiger partial charge in [0.05, 0.1) is 5.56 Å². The maximum absolute atomic E-state index is 11.3. The third-order valence-electron chi connectivity index (χ3n) is 1.77. The minimum Gasteiger partial charge on any atom is -0.409 e. The zero-order chi connectivity index (χ0) is 12.3. The van der Waals surface area contributed by atoms with E-state index >= 15 is 0 Å². The Kier molecular flexibility index (Phi) is 3.89. The molecule has 0 aliphatic carbocycles. The van der Waals surface area contributed by atoms with Gasteiger partial charge in [-0.25, -0.2) is 4.79 Å². The van der Waals surface area contributed by atoms with Crippen molar-refractivity contribution in [2.75, 3.05) is 14.1 Å². The molecule has 2 N–H and O–H groups in total. The quantitative estimate of drug-likeness (QED) is 0.898. The molecular formula is C10H11BrN2O3. The number of halogens is 1. The van der Waals surface area contributed by atoms with Gasteiger partial charge in [0.25, 0.3) is 5.91 Å². The molecule has 0 aliphatic heterocycles. The number of hydrogen-bond acceptors (Lipinski definition) is 3. The minimum absolute atomic E-state index is 0.148. The Morgan fingerprint density at radius 1 is 1.38 bits per heavy atom. The molecular weight excluding hydrogens is 276 g/mol. The highest BCUT2D eigenvalue weighted by Crippen LogP contribution is 2.23. The molecule has 1 rings (SSSR count). The molecule has 0 aliphatic rings. The fraction of sp³-hybridized carbons (Fsp3) is 0.200. The largest absolute Gasteiger partial charge is 0.414 e. The summed E-state index contributed by atoms with van der Waals surface area (Å²) in [6, 6.07) is 4.66. The highest BCUT2D eigenvalue weighted by Gasteiger charge is 2.14. The van der Waals surface area contributed by atoms with Crippen LogP contribution in [0.25, 0.3) is 0 Å². The minimum atomic E-state index is -0.650. The molecule has 6 heteroatoms. The van der Waals surface area contributed by atoms with Crippen molar-refractivity contribution in [1.29, 1.82) is 0 Å². The molecule has 0 saturated heterocycles. The second kappa shape index (κ2) is 4.98. The lowest BCUT2D eigenvalue weighted by Crippen LogP contribution is -2.26. The van der Waals surface area contributed by atoms with Gasteiger partial charge in [0, 0.05) is 18.6 Å². The molecule has 0 heterocycles. The Morgan fingerprint density at radius 3 is 2.50 bits per heavy atom. The molecule has 0 radical (unpaired) electrons. The molecule has 0 atom stereocenters. The second-order valence-corrected chi connectivity index (χ2v) is 4.18. The van der Waals surface area contributed by atoms with Crippen LogP contribution in [-0.2, 0) is 0 Å². The van der Waals surface area contributed by atoms with Gasteiger partial charge in [0.1, 0.15) is 5.75 Å². The summed E-state index contributed by atoms with van der Waals surface area (Å²) in [4.78, 5) is 23.7. The first kappa shape index (κ1) is 12.5. The molecule has 0 bridgehead atoms. The molecule has 16 heavy (non-hydrogen) atoms. The van der Waals surface area contributed by atoms with Gasteiger partial charge in [0.15, 0.2) is 0 Å². The lowest BCUT2D eigenvalue weighted by atomic mass is 10.2. The van der Waals surface area contributed by atoms with E-state index in [4.69, 9.17) is 10.5 Å². The summed E-state index contributed by atoms with van der Waals surface area (Å²) in [6.45, 7) is 0. The maximum atomic E-state index is 11.3. The van der Waals surface area contributed by atoms with Gasteiger partial charge in [-0.15, -0.1) is 0 Å². The van der Waals surface area contributed by atoms with E-state index < -0.39 is 12.0 Å². The number of nitrogens with two attached hydrogens (primary N) is 1. The molecule has 5 nitrogen and oxygen atoms in total. The van der Waals surface area contributed by atoms with Crippen molar-refractivity contribution in [2.45, 2.75) is 0 Å². The van der Waals surface area contributed by atoms with Crippen LogP contribution in [0.1, 0.15) is 10.4 Å². The third-order valence-corrected chi connectivity index (χ3v) is 2.26. The summed E-state index contributed by atoms with van der Waals surface area (Å²) >= 11 is 3.20. The number of hydrogen-bond donors (Lipinski definition) is 1. The van der Waals surface area contributed by atoms with E-state index in [1.807, 2.05) is 0 Å². The highest BCUT2D eigenvalue weighted by atomic mass is 79.9. The van der Waals surface area contributed by atoms with Crippen molar-refractivity contribution in [1.82, 2.24) is 4.90 Å². The van der Waals surface area contributed by atoms with Gasteiger partial charge >= 0.3 is 6.09 Å². The Balaban J connectivity index is 3.04. The topological polar surface area (TPSA) is 72.6 Å². The zero-order valence-corrected chi connectivity index (χ0v) is 10.4. The van der Waals surface area contributed by atoms with Crippen LogP contribution in [0.3, 0.4) is 0 Å². The van der Waals surface area contributed by atoms with Crippen LogP contribution in [0.15, 0.2) is 22.7 Å². The van der Waals surface area contributed by atoms with Crippen LogP contribution in [0.4, 0.5) is 4.79 Å². The van der Waals surface area contributed by atoms with E-state index in [1.165, 1.54) is 17.0 Å². The molecule has 0 spiro atoms. The molecule has 2 amide bonds. The summed E-state index contributed by atoms with van der Waals surface area (Å²) in [5.41, 5.74) is 5.33. The number of benzene rings is 1. The Labute approximate surface area is 101 Å². The summed E-state index contributed by atoms with van der Waals surface area (Å²) in [5, 5.41) is 0. The summed E-state index contributed by atoms with van der Waals surface area (Å²) in [5.74, 6) is -0.503. The van der Waals surface area contributed by atoms with Crippen molar-refractivity contribution >= 4 is 27.9 Å². The predicted octanol–water partition coefficient (Wildman–Crippen LogP) is 1.61. The summed E-state index contributed by atoms with van der Waals surface area (Å²) < 4.78 is 5.67. The molecule has 0 unspecified atom stereocenters. The average molecular weight is 287 g/mol. The summed E-state index contributed by atoms with van der Waals surface area (Å²) in [6.07, 6.45) is -0.565. The second-order valence-electron chi connectivity index (χ2n) is 3.27. The molecule has 1 aromatic carbocycles. The van der Waals surface area contributed by atoms with Crippen molar-refractivity contribution in [2.24, 2.45) is 5.73 Å². The number of amides is 2. The normalized spacial score (nSPS) is 9.69. The van der Waals surface area contributed by atoms with E-state index in [2.05, 4.69) is 15.9 Å². The molecule has 0 saturated carbocycles. The number of nitrogens with zero attached hydrogens (tertiary/aromatic N) is 1. The highest BCUT2D eigenvalue weighted by molar-refractivity contribution is 9.10. The predicted molar refractivity (Wildman–Crippen MR) is 62.4 cm³/mol. The van der Waals surface area contributed by atoms with Crippen molar-refractivity contribution in [3.63, 3.8) is 0 Å². The fourth-order valence-corrected chi connectivity index (χ4v) is 1.33. The average Bonchev–Trinajstić information content (AvgIpc) is 2.20. The smallest absolute Gasteiger partial charge is 0.409 e. The van der Waals surface area contributed by atoms with Gasteiger partial charge in [-0.2, -0.15) is 0 Å². The van der Waals surface area contributed by atoms with Gasteiger partial charge in [-0.1, -0.05) is 15.9 Å². The lowest BCUT2D eigenvalue weighted by Gasteiger charge is -2.12. The SMILES string of the molecule is CN(C)C(=O)Oc1ccc(Br)cc1C(N)=O. The first-order valence-electron chi connectivity index (χ1n) is 4.40. The molecule has 86 valence electrons. The van der Waals surface area contributed by atoms with E-state index in [0.717, 1.165) is 0 Å². The number of rotatable bonds is 2. The van der Waals surface area contributed by atoms with Crippen LogP contribution >= 0.6 is 15.9 Å². The standard InChI is InChI=1S/C10H11BrN2O3/c1-13(2)10(15)16-8-4-3-6(11)5-7(8)9(12)14/h3-5H,1-2H3,(H2,12,14). The van der Waals surface area contributed by atoms with E-state index in [1.54, 1.807) is 20.2 Å². The van der Waals surface area contributed by atoms with Crippen molar-refractivity contribution in [3.05, 3.63) is 28.2 Å². The first-order chi connectivity index (χ1) is 7.41. The van der Waals surface area contributed by atoms with Crippen LogP contribution in [0, 0.1) is 0 Å². The third kappa shape index (κ3) is 2.96. The molecule has 0 fully saturated rings. The number of ether oxygens (including phenoxy) is 1. The van der Waals surface area contributed by atoms with Crippen LogP contribution in [0.5, 0.6) is 5.75 Å². The van der Waals surface area contributed by atoms with Crippen LogP contribution in [0.2, 0.25) is 0 Å². The van der Waals surface area contributed by atoms with E-state index in [9.17, 15) is 9.59 Å². The maximum Gasteiger partial charge on any atom is 0.414 e.